The Labute approximate surface area is 188 Å². The minimum atomic E-state index is -0.000768. The second-order valence-corrected chi connectivity index (χ2v) is 8.99. The van der Waals surface area contributed by atoms with Gasteiger partial charge < -0.3 is 19.0 Å². The zero-order chi connectivity index (χ0) is 21.9. The Kier molecular flexibility index (Phi) is 5.99. The maximum Gasteiger partial charge on any atom is 0.253 e. The number of methoxy groups -OCH3 is 1. The Morgan fingerprint density at radius 2 is 1.81 bits per heavy atom. The monoisotopic (exact) mass is 430 g/mol. The fourth-order valence-electron chi connectivity index (χ4n) is 5.03. The van der Waals surface area contributed by atoms with E-state index in [0.717, 1.165) is 59.2 Å². The normalized spacial score (nSPS) is 18.9. The van der Waals surface area contributed by atoms with E-state index in [1.807, 2.05) is 36.5 Å². The first-order chi connectivity index (χ1) is 15.7. The summed E-state index contributed by atoms with van der Waals surface area (Å²) in [5, 5.41) is 5.36. The molecule has 1 aliphatic carbocycles. The summed E-state index contributed by atoms with van der Waals surface area (Å²) < 4.78 is 13.4. The molecule has 2 heterocycles. The van der Waals surface area contributed by atoms with Crippen molar-refractivity contribution in [2.75, 3.05) is 20.3 Å². The van der Waals surface area contributed by atoms with Crippen LogP contribution in [0.15, 0.2) is 65.2 Å². The molecule has 0 aliphatic heterocycles. The number of ether oxygens (including phenoxy) is 1. The van der Waals surface area contributed by atoms with Crippen LogP contribution in [0.4, 0.5) is 0 Å². The van der Waals surface area contributed by atoms with Crippen molar-refractivity contribution in [1.29, 1.82) is 0 Å². The van der Waals surface area contributed by atoms with Crippen LogP contribution in [0.25, 0.3) is 21.9 Å². The molecule has 5 nitrogen and oxygen atoms in total. The van der Waals surface area contributed by atoms with Gasteiger partial charge in [-0.05, 0) is 61.8 Å². The summed E-state index contributed by atoms with van der Waals surface area (Å²) in [6.45, 7) is 2.18. The van der Waals surface area contributed by atoms with E-state index in [-0.39, 0.29) is 5.91 Å². The molecule has 0 bridgehead atoms. The second kappa shape index (κ2) is 9.21. The van der Waals surface area contributed by atoms with Crippen LogP contribution in [0, 0.1) is 11.8 Å². The van der Waals surface area contributed by atoms with Crippen molar-refractivity contribution in [3.05, 3.63) is 72.1 Å². The summed E-state index contributed by atoms with van der Waals surface area (Å²) in [7, 11) is 1.77. The summed E-state index contributed by atoms with van der Waals surface area (Å²) >= 11 is 0. The van der Waals surface area contributed by atoms with Crippen LogP contribution < -0.4 is 5.32 Å². The smallest absolute Gasteiger partial charge is 0.253 e. The van der Waals surface area contributed by atoms with Crippen LogP contribution in [-0.2, 0) is 11.3 Å². The van der Waals surface area contributed by atoms with Gasteiger partial charge in [-0.1, -0.05) is 30.3 Å². The average molecular weight is 431 g/mol. The van der Waals surface area contributed by atoms with Gasteiger partial charge in [0.05, 0.1) is 17.6 Å². The Morgan fingerprint density at radius 1 is 1.03 bits per heavy atom. The van der Waals surface area contributed by atoms with Crippen molar-refractivity contribution in [2.24, 2.45) is 11.8 Å². The molecule has 0 radical (unpaired) electrons. The minimum absolute atomic E-state index is 0.000768. The van der Waals surface area contributed by atoms with Crippen LogP contribution in [0.5, 0.6) is 0 Å². The standard InChI is InChI=1S/C27H30N2O3/c1-31-18-20-11-9-19(10-12-20)16-28-27(30)24-7-4-6-21-13-14-29(26(21)24)17-23-15-22-5-2-3-8-25(22)32-23/h2-8,13-15,19-20H,9-12,16-18H2,1H3,(H,28,30). The number of hydrogen-bond acceptors (Lipinski definition) is 3. The van der Waals surface area contributed by atoms with Gasteiger partial charge in [0.15, 0.2) is 0 Å². The maximum atomic E-state index is 13.1. The van der Waals surface area contributed by atoms with Gasteiger partial charge in [0, 0.05) is 37.2 Å². The molecule has 4 aromatic rings. The molecular formula is C27H30N2O3. The molecule has 1 fully saturated rings. The van der Waals surface area contributed by atoms with E-state index in [4.69, 9.17) is 9.15 Å². The number of hydrogen-bond donors (Lipinski definition) is 1. The van der Waals surface area contributed by atoms with E-state index < -0.39 is 0 Å². The third-order valence-electron chi connectivity index (χ3n) is 6.76. The number of rotatable bonds is 7. The number of carbonyl (C=O) groups is 1. The Bertz CT molecular complexity index is 1180. The van der Waals surface area contributed by atoms with E-state index in [0.29, 0.717) is 18.4 Å². The highest BCUT2D eigenvalue weighted by molar-refractivity contribution is 6.06. The first-order valence-electron chi connectivity index (χ1n) is 11.5. The number of para-hydroxylation sites is 2. The molecule has 1 aliphatic rings. The maximum absolute atomic E-state index is 13.1. The first kappa shape index (κ1) is 20.8. The number of carbonyl (C=O) groups excluding carboxylic acids is 1. The van der Waals surface area contributed by atoms with Gasteiger partial charge in [-0.2, -0.15) is 0 Å². The summed E-state index contributed by atoms with van der Waals surface area (Å²) in [6, 6.07) is 18.1. The van der Waals surface area contributed by atoms with Crippen LogP contribution in [-0.4, -0.2) is 30.7 Å². The lowest BCUT2D eigenvalue weighted by Crippen LogP contribution is -2.32. The van der Waals surface area contributed by atoms with E-state index >= 15 is 0 Å². The number of amides is 1. The number of fused-ring (bicyclic) bond motifs is 2. The van der Waals surface area contributed by atoms with E-state index in [9.17, 15) is 4.79 Å². The molecule has 0 atom stereocenters. The average Bonchev–Trinajstić information content (AvgIpc) is 3.42. The zero-order valence-electron chi connectivity index (χ0n) is 18.5. The molecule has 5 rings (SSSR count). The van der Waals surface area contributed by atoms with Crippen molar-refractivity contribution in [1.82, 2.24) is 9.88 Å². The molecule has 1 amide bonds. The lowest BCUT2D eigenvalue weighted by atomic mass is 9.82. The predicted octanol–water partition coefficient (Wildman–Crippen LogP) is 5.62. The van der Waals surface area contributed by atoms with Crippen molar-refractivity contribution >= 4 is 27.8 Å². The summed E-state index contributed by atoms with van der Waals surface area (Å²) in [6.07, 6.45) is 6.71. The Hall–Kier alpha value is -3.05. The van der Waals surface area contributed by atoms with Crippen LogP contribution in [0.1, 0.15) is 41.8 Å². The Morgan fingerprint density at radius 3 is 2.62 bits per heavy atom. The molecule has 1 saturated carbocycles. The van der Waals surface area contributed by atoms with E-state index in [1.54, 1.807) is 7.11 Å². The van der Waals surface area contributed by atoms with Gasteiger partial charge in [-0.25, -0.2) is 0 Å². The fraction of sp³-hybridized carbons (Fsp3) is 0.370. The lowest BCUT2D eigenvalue weighted by molar-refractivity contribution is 0.0929. The fourth-order valence-corrected chi connectivity index (χ4v) is 5.03. The van der Waals surface area contributed by atoms with Crippen LogP contribution >= 0.6 is 0 Å². The number of nitrogens with zero attached hydrogens (tertiary/aromatic N) is 1. The summed E-state index contributed by atoms with van der Waals surface area (Å²) in [5.41, 5.74) is 2.56. The van der Waals surface area contributed by atoms with Crippen molar-refractivity contribution in [2.45, 2.75) is 32.2 Å². The van der Waals surface area contributed by atoms with Gasteiger partial charge in [-0.15, -0.1) is 0 Å². The molecule has 166 valence electrons. The molecule has 5 heteroatoms. The lowest BCUT2D eigenvalue weighted by Gasteiger charge is -2.28. The molecule has 2 aromatic carbocycles. The van der Waals surface area contributed by atoms with E-state index in [2.05, 4.69) is 34.1 Å². The molecule has 0 unspecified atom stereocenters. The van der Waals surface area contributed by atoms with Gasteiger partial charge in [0.2, 0.25) is 0 Å². The summed E-state index contributed by atoms with van der Waals surface area (Å²) in [5.74, 6) is 2.10. The van der Waals surface area contributed by atoms with Crippen LogP contribution in [0.2, 0.25) is 0 Å². The van der Waals surface area contributed by atoms with Crippen molar-refractivity contribution in [3.8, 4) is 0 Å². The van der Waals surface area contributed by atoms with Crippen molar-refractivity contribution < 1.29 is 13.9 Å². The Balaban J connectivity index is 1.31. The molecular weight excluding hydrogens is 400 g/mol. The highest BCUT2D eigenvalue weighted by Crippen LogP contribution is 2.29. The van der Waals surface area contributed by atoms with Gasteiger partial charge in [0.1, 0.15) is 11.3 Å². The highest BCUT2D eigenvalue weighted by atomic mass is 16.5. The molecule has 0 spiro atoms. The molecule has 1 N–H and O–H groups in total. The van der Waals surface area contributed by atoms with Crippen molar-refractivity contribution in [3.63, 3.8) is 0 Å². The zero-order valence-corrected chi connectivity index (χ0v) is 18.5. The third-order valence-corrected chi connectivity index (χ3v) is 6.76. The predicted molar refractivity (Wildman–Crippen MR) is 127 cm³/mol. The first-order valence-corrected chi connectivity index (χ1v) is 11.5. The van der Waals surface area contributed by atoms with E-state index in [1.165, 1.54) is 12.8 Å². The van der Waals surface area contributed by atoms with Gasteiger partial charge in [-0.3, -0.25) is 4.79 Å². The number of aromatic nitrogens is 1. The topological polar surface area (TPSA) is 56.4 Å². The third kappa shape index (κ3) is 4.30. The van der Waals surface area contributed by atoms with Gasteiger partial charge in [0.25, 0.3) is 5.91 Å². The molecule has 32 heavy (non-hydrogen) atoms. The molecule has 0 saturated heterocycles. The number of furan rings is 1. The SMILES string of the molecule is COCC1CCC(CNC(=O)c2cccc3ccn(Cc4cc5ccccc5o4)c23)CC1. The summed E-state index contributed by atoms with van der Waals surface area (Å²) in [4.78, 5) is 13.1. The largest absolute Gasteiger partial charge is 0.459 e. The molecule has 2 aromatic heterocycles. The second-order valence-electron chi connectivity index (χ2n) is 8.99. The minimum Gasteiger partial charge on any atom is -0.459 e. The highest BCUT2D eigenvalue weighted by Gasteiger charge is 2.22. The number of nitrogens with one attached hydrogen (secondary N) is 1. The van der Waals surface area contributed by atoms with Gasteiger partial charge >= 0.3 is 0 Å². The van der Waals surface area contributed by atoms with Crippen LogP contribution in [0.3, 0.4) is 0 Å². The quantitative estimate of drug-likeness (QED) is 0.414. The number of benzene rings is 2.